The average Bonchev–Trinajstić information content (AvgIpc) is 3.00. The maximum atomic E-state index is 12.0. The number of hydrogen-bond donors (Lipinski definition) is 2. The quantitative estimate of drug-likeness (QED) is 0.772. The lowest BCUT2D eigenvalue weighted by molar-refractivity contribution is -0.116. The van der Waals surface area contributed by atoms with E-state index in [0.29, 0.717) is 10.9 Å². The van der Waals surface area contributed by atoms with Crippen LogP contribution in [-0.4, -0.2) is 38.2 Å². The lowest BCUT2D eigenvalue weighted by atomic mass is 10.3. The molecule has 0 aliphatic rings. The van der Waals surface area contributed by atoms with Crippen LogP contribution in [0.3, 0.4) is 0 Å². The maximum absolute atomic E-state index is 12.0. The molecule has 2 rings (SSSR count). The van der Waals surface area contributed by atoms with Crippen molar-refractivity contribution in [2.45, 2.75) is 11.3 Å². The van der Waals surface area contributed by atoms with Crippen molar-refractivity contribution in [3.05, 3.63) is 29.8 Å². The second-order valence-electron chi connectivity index (χ2n) is 4.12. The van der Waals surface area contributed by atoms with Gasteiger partial charge in [-0.3, -0.25) is 4.79 Å². The second-order valence-corrected chi connectivity index (χ2v) is 6.72. The summed E-state index contributed by atoms with van der Waals surface area (Å²) >= 11 is 1.19. The number of nitrogens with zero attached hydrogens (tertiary/aromatic N) is 2. The van der Waals surface area contributed by atoms with Gasteiger partial charge in [0.15, 0.2) is 0 Å². The molecule has 0 saturated heterocycles. The smallest absolute Gasteiger partial charge is 0.240 e. The number of methoxy groups -OCH3 is 1. The minimum Gasteiger partial charge on any atom is -0.497 e. The summed E-state index contributed by atoms with van der Waals surface area (Å²) in [5.74, 6) is 0.226. The molecule has 0 aliphatic carbocycles. The Morgan fingerprint density at radius 1 is 1.32 bits per heavy atom. The molecule has 0 aliphatic heterocycles. The molecule has 22 heavy (non-hydrogen) atoms. The second kappa shape index (κ2) is 7.29. The van der Waals surface area contributed by atoms with Crippen molar-refractivity contribution in [2.75, 3.05) is 19.0 Å². The Morgan fingerprint density at radius 3 is 2.64 bits per heavy atom. The van der Waals surface area contributed by atoms with Crippen LogP contribution in [0.2, 0.25) is 0 Å². The molecular weight excluding hydrogens is 328 g/mol. The zero-order valence-electron chi connectivity index (χ0n) is 11.6. The molecule has 1 aromatic carbocycles. The Kier molecular flexibility index (Phi) is 5.41. The SMILES string of the molecule is COc1ccc(S(=O)(=O)NCCC(=O)Nc2nncs2)cc1. The van der Waals surface area contributed by atoms with Crippen LogP contribution in [0.15, 0.2) is 34.7 Å². The molecule has 1 aromatic heterocycles. The summed E-state index contributed by atoms with van der Waals surface area (Å²) in [6, 6.07) is 5.97. The normalized spacial score (nSPS) is 11.1. The molecule has 1 amide bonds. The standard InChI is InChI=1S/C12H14N4O4S2/c1-20-9-2-4-10(5-3-9)22(18,19)14-7-6-11(17)15-12-16-13-8-21-12/h2-5,8,14H,6-7H2,1H3,(H,15,16,17). The zero-order chi connectivity index (χ0) is 16.0. The highest BCUT2D eigenvalue weighted by Gasteiger charge is 2.14. The van der Waals surface area contributed by atoms with Crippen molar-refractivity contribution in [2.24, 2.45) is 0 Å². The van der Waals surface area contributed by atoms with E-state index >= 15 is 0 Å². The Morgan fingerprint density at radius 2 is 2.05 bits per heavy atom. The molecule has 1 heterocycles. The van der Waals surface area contributed by atoms with E-state index in [2.05, 4.69) is 20.2 Å². The van der Waals surface area contributed by atoms with Gasteiger partial charge in [-0.2, -0.15) is 0 Å². The molecule has 0 unspecified atom stereocenters. The largest absolute Gasteiger partial charge is 0.497 e. The fourth-order valence-electron chi connectivity index (χ4n) is 1.55. The summed E-state index contributed by atoms with van der Waals surface area (Å²) < 4.78 is 31.4. The lowest BCUT2D eigenvalue weighted by Gasteiger charge is -2.07. The van der Waals surface area contributed by atoms with Crippen molar-refractivity contribution >= 4 is 32.4 Å². The van der Waals surface area contributed by atoms with Crippen LogP contribution >= 0.6 is 11.3 Å². The van der Waals surface area contributed by atoms with Gasteiger partial charge >= 0.3 is 0 Å². The Hall–Kier alpha value is -2.04. The summed E-state index contributed by atoms with van der Waals surface area (Å²) in [4.78, 5) is 11.7. The number of aromatic nitrogens is 2. The van der Waals surface area contributed by atoms with E-state index in [0.717, 1.165) is 0 Å². The van der Waals surface area contributed by atoms with E-state index in [1.165, 1.54) is 36.1 Å². The van der Waals surface area contributed by atoms with Crippen molar-refractivity contribution < 1.29 is 17.9 Å². The molecule has 10 heteroatoms. The van der Waals surface area contributed by atoms with Crippen LogP contribution in [-0.2, 0) is 14.8 Å². The number of benzene rings is 1. The highest BCUT2D eigenvalue weighted by atomic mass is 32.2. The first-order valence-electron chi connectivity index (χ1n) is 6.21. The van der Waals surface area contributed by atoms with E-state index in [9.17, 15) is 13.2 Å². The highest BCUT2D eigenvalue weighted by Crippen LogP contribution is 2.15. The average molecular weight is 342 g/mol. The Labute approximate surface area is 131 Å². The molecule has 0 saturated carbocycles. The molecule has 0 radical (unpaired) electrons. The minimum absolute atomic E-state index is 0.00500. The number of amides is 1. The van der Waals surface area contributed by atoms with Gasteiger partial charge in [-0.25, -0.2) is 13.1 Å². The van der Waals surface area contributed by atoms with Crippen molar-refractivity contribution in [1.82, 2.24) is 14.9 Å². The van der Waals surface area contributed by atoms with Gasteiger partial charge in [-0.15, -0.1) is 10.2 Å². The third-order valence-corrected chi connectivity index (χ3v) is 4.70. The number of carbonyl (C=O) groups is 1. The van der Waals surface area contributed by atoms with E-state index in [4.69, 9.17) is 4.74 Å². The number of rotatable bonds is 7. The van der Waals surface area contributed by atoms with E-state index in [-0.39, 0.29) is 23.8 Å². The van der Waals surface area contributed by atoms with Crippen LogP contribution in [0.4, 0.5) is 5.13 Å². The zero-order valence-corrected chi connectivity index (χ0v) is 13.3. The summed E-state index contributed by atoms with van der Waals surface area (Å²) in [5, 5.41) is 10.1. The molecule has 0 bridgehead atoms. The lowest BCUT2D eigenvalue weighted by Crippen LogP contribution is -2.27. The van der Waals surface area contributed by atoms with Crippen molar-refractivity contribution in [3.8, 4) is 5.75 Å². The number of hydrogen-bond acceptors (Lipinski definition) is 7. The Bertz CT molecular complexity index is 714. The van der Waals surface area contributed by atoms with Gasteiger partial charge < -0.3 is 10.1 Å². The molecule has 8 nitrogen and oxygen atoms in total. The molecule has 0 spiro atoms. The van der Waals surface area contributed by atoms with E-state index < -0.39 is 10.0 Å². The van der Waals surface area contributed by atoms with Gasteiger partial charge in [0.05, 0.1) is 12.0 Å². The number of carbonyl (C=O) groups excluding carboxylic acids is 1. The fourth-order valence-corrected chi connectivity index (χ4v) is 3.04. The third-order valence-electron chi connectivity index (χ3n) is 2.62. The Balaban J connectivity index is 1.85. The van der Waals surface area contributed by atoms with Gasteiger partial charge in [0.1, 0.15) is 11.3 Å². The predicted molar refractivity (Wildman–Crippen MR) is 81.3 cm³/mol. The number of ether oxygens (including phenoxy) is 1. The van der Waals surface area contributed by atoms with Crippen LogP contribution in [0, 0.1) is 0 Å². The van der Waals surface area contributed by atoms with Gasteiger partial charge in [0.25, 0.3) is 0 Å². The molecule has 118 valence electrons. The molecule has 0 fully saturated rings. The van der Waals surface area contributed by atoms with E-state index in [1.807, 2.05) is 0 Å². The molecule has 2 aromatic rings. The monoisotopic (exact) mass is 342 g/mol. The van der Waals surface area contributed by atoms with Crippen molar-refractivity contribution in [1.29, 1.82) is 0 Å². The third kappa shape index (κ3) is 4.48. The maximum Gasteiger partial charge on any atom is 0.240 e. The van der Waals surface area contributed by atoms with Gasteiger partial charge in [0, 0.05) is 13.0 Å². The first-order chi connectivity index (χ1) is 10.5. The first kappa shape index (κ1) is 16.3. The fraction of sp³-hybridized carbons (Fsp3) is 0.250. The van der Waals surface area contributed by atoms with Crippen LogP contribution in [0.5, 0.6) is 5.75 Å². The minimum atomic E-state index is -3.65. The van der Waals surface area contributed by atoms with Crippen molar-refractivity contribution in [3.63, 3.8) is 0 Å². The molecule has 2 N–H and O–H groups in total. The summed E-state index contributed by atoms with van der Waals surface area (Å²) in [6.07, 6.45) is -0.00500. The summed E-state index contributed by atoms with van der Waals surface area (Å²) in [6.45, 7) is -0.0149. The van der Waals surface area contributed by atoms with Crippen LogP contribution < -0.4 is 14.8 Å². The number of nitrogens with one attached hydrogen (secondary N) is 2. The number of anilines is 1. The molecule has 0 atom stereocenters. The van der Waals surface area contributed by atoms with Gasteiger partial charge in [-0.1, -0.05) is 11.3 Å². The van der Waals surface area contributed by atoms with Crippen LogP contribution in [0.25, 0.3) is 0 Å². The van der Waals surface area contributed by atoms with E-state index in [1.54, 1.807) is 12.1 Å². The molecular formula is C12H14N4O4S2. The van der Waals surface area contributed by atoms with Gasteiger partial charge in [-0.05, 0) is 24.3 Å². The highest BCUT2D eigenvalue weighted by molar-refractivity contribution is 7.89. The predicted octanol–water partition coefficient (Wildman–Crippen LogP) is 0.854. The topological polar surface area (TPSA) is 110 Å². The van der Waals surface area contributed by atoms with Gasteiger partial charge in [0.2, 0.25) is 21.1 Å². The summed E-state index contributed by atoms with van der Waals surface area (Å²) in [5.41, 5.74) is 1.49. The number of sulfonamides is 1. The summed E-state index contributed by atoms with van der Waals surface area (Å²) in [7, 11) is -2.16. The first-order valence-corrected chi connectivity index (χ1v) is 8.57. The van der Waals surface area contributed by atoms with Crippen LogP contribution in [0.1, 0.15) is 6.42 Å².